The Hall–Kier alpha value is -9.32. The van der Waals surface area contributed by atoms with E-state index in [0.29, 0.717) is 52.8 Å². The molecule has 8 amide bonds. The molecule has 0 radical (unpaired) electrons. The quantitative estimate of drug-likeness (QED) is 0.0232. The lowest BCUT2D eigenvalue weighted by Gasteiger charge is -2.29. The Morgan fingerprint density at radius 1 is 0.637 bits per heavy atom. The van der Waals surface area contributed by atoms with E-state index in [9.17, 15) is 58.2 Å². The van der Waals surface area contributed by atoms with Crippen molar-refractivity contribution >= 4 is 80.8 Å². The predicted molar refractivity (Wildman–Crippen MR) is 331 cm³/mol. The second-order valence-electron chi connectivity index (χ2n) is 24.0. The van der Waals surface area contributed by atoms with Crippen LogP contribution in [0, 0.1) is 0 Å². The van der Waals surface area contributed by atoms with Crippen LogP contribution in [0.1, 0.15) is 102 Å². The van der Waals surface area contributed by atoms with Crippen molar-refractivity contribution in [2.24, 2.45) is 5.73 Å². The first kappa shape index (κ1) is 67.6. The third-order valence-corrected chi connectivity index (χ3v) is 16.4. The van der Waals surface area contributed by atoms with E-state index in [0.717, 1.165) is 10.9 Å². The number of carboxylic acids is 1. The second-order valence-corrected chi connectivity index (χ2v) is 24.0. The van der Waals surface area contributed by atoms with E-state index in [1.165, 1.54) is 25.0 Å². The number of amides is 8. The molecule has 1 unspecified atom stereocenters. The summed E-state index contributed by atoms with van der Waals surface area (Å²) in [5.74, 6) is -7.93. The maximum Gasteiger partial charge on any atom is 0.323 e. The molecule has 0 spiro atoms. The summed E-state index contributed by atoms with van der Waals surface area (Å²) < 4.78 is 6.09. The van der Waals surface area contributed by atoms with Crippen molar-refractivity contribution < 1.29 is 62.9 Å². The van der Waals surface area contributed by atoms with Crippen molar-refractivity contribution in [2.45, 2.75) is 170 Å². The van der Waals surface area contributed by atoms with Crippen LogP contribution in [0.25, 0.3) is 21.8 Å². The van der Waals surface area contributed by atoms with Crippen LogP contribution in [0.2, 0.25) is 0 Å². The van der Waals surface area contributed by atoms with Crippen molar-refractivity contribution in [1.29, 1.82) is 0 Å². The number of aliphatic hydroxyl groups excluding tert-OH is 1. The molecular formula is C62H82N16O13. The van der Waals surface area contributed by atoms with E-state index in [-0.39, 0.29) is 70.1 Å². The number of aromatic nitrogens is 6. The lowest BCUT2D eigenvalue weighted by molar-refractivity contribution is -0.144. The number of ketones is 1. The minimum absolute atomic E-state index is 0.109. The third-order valence-electron chi connectivity index (χ3n) is 16.4. The Balaban J connectivity index is 1.03. The zero-order valence-electron chi connectivity index (χ0n) is 51.2. The number of unbranched alkanes of at least 4 members (excludes halogenated alkanes) is 1. The van der Waals surface area contributed by atoms with E-state index in [2.05, 4.69) is 77.8 Å². The van der Waals surface area contributed by atoms with Crippen LogP contribution in [0.3, 0.4) is 0 Å². The van der Waals surface area contributed by atoms with Gasteiger partial charge in [-0.25, -0.2) is 9.97 Å². The maximum atomic E-state index is 14.9. The monoisotopic (exact) mass is 1260 g/mol. The highest BCUT2D eigenvalue weighted by atomic mass is 16.5. The highest BCUT2D eigenvalue weighted by Gasteiger charge is 2.47. The number of aliphatic hydroxyl groups is 1. The number of nitrogens with one attached hydrogen (secondary N) is 13. The summed E-state index contributed by atoms with van der Waals surface area (Å²) >= 11 is 0. The van der Waals surface area contributed by atoms with Gasteiger partial charge >= 0.3 is 5.97 Å². The number of carbonyl (C=O) groups excluding carboxylic acids is 9. The molecule has 6 aromatic rings. The number of H-pyrrole nitrogens is 4. The van der Waals surface area contributed by atoms with Gasteiger partial charge in [0, 0.05) is 90.1 Å². The number of para-hydroxylation sites is 2. The minimum Gasteiger partial charge on any atom is -0.480 e. The molecule has 6 heterocycles. The van der Waals surface area contributed by atoms with E-state index in [1.54, 1.807) is 58.3 Å². The smallest absolute Gasteiger partial charge is 0.323 e. The fraction of sp³-hybridized carbons (Fsp3) is 0.484. The highest BCUT2D eigenvalue weighted by Crippen LogP contribution is 2.29. The number of nitrogens with two attached hydrogens (primary N) is 1. The number of aliphatic carboxylic acids is 1. The number of Topliss-reactive ketones (excluding diaryl/α,β-unsaturated/α-hetero) is 1. The Bertz CT molecular complexity index is 3530. The van der Waals surface area contributed by atoms with Gasteiger partial charge in [-0.2, -0.15) is 0 Å². The molecule has 0 aliphatic carbocycles. The highest BCUT2D eigenvalue weighted by molar-refractivity contribution is 6.00. The van der Waals surface area contributed by atoms with E-state index in [4.69, 9.17) is 10.5 Å². The number of benzene rings is 2. The van der Waals surface area contributed by atoms with Crippen molar-refractivity contribution in [2.75, 3.05) is 19.8 Å². The summed E-state index contributed by atoms with van der Waals surface area (Å²) in [7, 11) is 0. The molecule has 2 aliphatic rings. The number of carbonyl (C=O) groups is 10. The lowest BCUT2D eigenvalue weighted by atomic mass is 9.94. The molecule has 0 saturated carbocycles. The molecule has 2 fully saturated rings. The van der Waals surface area contributed by atoms with Gasteiger partial charge in [0.05, 0.1) is 43.6 Å². The van der Waals surface area contributed by atoms with E-state index >= 15 is 0 Å². The number of hydrogen-bond acceptors (Lipinski definition) is 16. The van der Waals surface area contributed by atoms with Crippen molar-refractivity contribution in [1.82, 2.24) is 77.8 Å². The van der Waals surface area contributed by atoms with Gasteiger partial charge in [0.1, 0.15) is 47.8 Å². The number of hydrogen-bond donors (Lipinski definition) is 16. The summed E-state index contributed by atoms with van der Waals surface area (Å²) in [4.78, 5) is 160. The van der Waals surface area contributed by atoms with Crippen molar-refractivity contribution in [3.63, 3.8) is 0 Å². The molecule has 4 aromatic heterocycles. The Labute approximate surface area is 523 Å². The standard InChI is InChI=1S/C62H82N16O13/c1-5-62(60(89)90)20-19-43(78-62)52(81)42(16-10-11-21-63)71-54(83)45(22-34-26-66-40-14-8-6-12-38(34)40)73-59(88)50(31-91-61(2,3)4)77-57(86)48(25-37-29-65-33-69-37)75-58(87)49(30-79)76-55(84)46(23-35-27-67-41-15-9-7-13-39(35)41)72-56(85)47(24-36-28-64-32-68-36)74-53(82)44-17-18-51(80)70-44/h6-9,12-15,26-29,32-33,42-50,66-67,78-79H,5,10-11,16-25,30-31,63H2,1-4H3,(H,64,68)(H,65,69)(H,70,80)(H,71,83)(H,72,85)(H,73,88)(H,74,82)(H,75,87)(H,76,84)(H,77,86)(H,89,90)/t42-,43?,44-,45-,46-,47-,48-,49-,50+,62-/m0/s1. The molecule has 2 aromatic carbocycles. The molecular weight excluding hydrogens is 1180 g/mol. The van der Waals surface area contributed by atoms with Crippen molar-refractivity contribution in [3.05, 3.63) is 108 Å². The van der Waals surface area contributed by atoms with Crippen LogP contribution in [0.5, 0.6) is 0 Å². The number of rotatable bonds is 33. The zero-order chi connectivity index (χ0) is 65.4. The number of carboxylic acid groups (broad SMARTS) is 1. The van der Waals surface area contributed by atoms with Gasteiger partial charge in [-0.05, 0) is 95.5 Å². The van der Waals surface area contributed by atoms with E-state index in [1.807, 2.05) is 30.3 Å². The minimum atomic E-state index is -1.77. The second kappa shape index (κ2) is 30.9. The van der Waals surface area contributed by atoms with Gasteiger partial charge in [0.15, 0.2) is 5.78 Å². The number of fused-ring (bicyclic) bond motifs is 2. The number of ether oxygens (including phenoxy) is 1. The number of aromatic amines is 4. The molecule has 17 N–H and O–H groups in total. The number of imidazole rings is 2. The Morgan fingerprint density at radius 2 is 1.12 bits per heavy atom. The largest absolute Gasteiger partial charge is 0.480 e. The molecule has 10 atom stereocenters. The predicted octanol–water partition coefficient (Wildman–Crippen LogP) is -0.471. The van der Waals surface area contributed by atoms with Gasteiger partial charge in [-0.15, -0.1) is 0 Å². The summed E-state index contributed by atoms with van der Waals surface area (Å²) in [6.07, 6.45) is 10.3. The summed E-state index contributed by atoms with van der Waals surface area (Å²) in [5, 5.41) is 46.9. The first-order valence-corrected chi connectivity index (χ1v) is 30.5. The van der Waals surface area contributed by atoms with E-state index < -0.39 is 132 Å². The average molecular weight is 1260 g/mol. The summed E-state index contributed by atoms with van der Waals surface area (Å²) in [5.41, 5.74) is 7.06. The maximum absolute atomic E-state index is 14.9. The SMILES string of the molecule is CC[C@@]1(C(=O)O)CCC(C(=O)[C@H](CCCCN)NC(=O)[C@H](Cc2c[nH]c3ccccc23)NC(=O)[C@@H](COC(C)(C)C)NC(=O)[C@H](Cc2cnc[nH]2)NC(=O)[C@H](CO)NC(=O)[C@H](Cc2c[nH]c3ccccc23)NC(=O)[C@H](Cc2cnc[nH]2)NC(=O)[C@@H]2CCC(=O)N2)N1. The third kappa shape index (κ3) is 18.0. The van der Waals surface area contributed by atoms with Crippen molar-refractivity contribution in [3.8, 4) is 0 Å². The number of nitrogens with zero attached hydrogens (tertiary/aromatic N) is 2. The lowest BCUT2D eigenvalue weighted by Crippen LogP contribution is -2.62. The molecule has 91 heavy (non-hydrogen) atoms. The van der Waals surface area contributed by atoms with Gasteiger partial charge in [-0.3, -0.25) is 53.3 Å². The molecule has 2 aliphatic heterocycles. The zero-order valence-corrected chi connectivity index (χ0v) is 51.2. The molecule has 0 bridgehead atoms. The van der Waals surface area contributed by atoms with Gasteiger partial charge in [0.2, 0.25) is 47.3 Å². The van der Waals surface area contributed by atoms with Crippen LogP contribution in [-0.2, 0) is 78.4 Å². The van der Waals surface area contributed by atoms with Crippen LogP contribution < -0.4 is 53.6 Å². The van der Waals surface area contributed by atoms with Crippen LogP contribution in [-0.4, -0.2) is 184 Å². The Morgan fingerprint density at radius 3 is 1.58 bits per heavy atom. The van der Waals surface area contributed by atoms with Crippen LogP contribution >= 0.6 is 0 Å². The fourth-order valence-electron chi connectivity index (χ4n) is 11.2. The van der Waals surface area contributed by atoms with Crippen LogP contribution in [0.15, 0.2) is 86.0 Å². The first-order chi connectivity index (χ1) is 43.6. The van der Waals surface area contributed by atoms with Gasteiger partial charge < -0.3 is 83.2 Å². The van der Waals surface area contributed by atoms with Crippen LogP contribution in [0.4, 0.5) is 0 Å². The normalized spacial score (nSPS) is 18.8. The van der Waals surface area contributed by atoms with Gasteiger partial charge in [0.25, 0.3) is 0 Å². The first-order valence-electron chi connectivity index (χ1n) is 30.5. The molecule has 8 rings (SSSR count). The topological polar surface area (TPSA) is 444 Å². The summed E-state index contributed by atoms with van der Waals surface area (Å²) in [6, 6.07) is 2.47. The summed E-state index contributed by atoms with van der Waals surface area (Å²) in [6.45, 7) is 5.69. The fourth-order valence-corrected chi connectivity index (χ4v) is 11.2. The Kier molecular flexibility index (Phi) is 23.0. The molecule has 29 nitrogen and oxygen atoms in total. The average Bonchev–Trinajstić information content (AvgIpc) is 3.61. The van der Waals surface area contributed by atoms with Gasteiger partial charge in [-0.1, -0.05) is 43.3 Å². The molecule has 488 valence electrons. The molecule has 2 saturated heterocycles. The molecule has 29 heteroatoms.